The molecule has 1 saturated carbocycles. The van der Waals surface area contributed by atoms with Crippen molar-refractivity contribution in [2.75, 3.05) is 20.1 Å². The van der Waals surface area contributed by atoms with E-state index in [1.807, 2.05) is 0 Å². The minimum Gasteiger partial charge on any atom is -0.335 e. The lowest BCUT2D eigenvalue weighted by molar-refractivity contribution is -0.515. The highest BCUT2D eigenvalue weighted by Gasteiger charge is 2.42. The van der Waals surface area contributed by atoms with Gasteiger partial charge in [-0.2, -0.15) is 13.2 Å². The van der Waals surface area contributed by atoms with Crippen LogP contribution in [0.1, 0.15) is 55.7 Å². The standard InChI is InChI=1S/C20H26F3N3O3.ClH/c1-24(16-6-2-3-7-17(16)25-12-4-5-13-25)19(27)18(26(28)29)14-8-10-15(11-9-14)20(21,22)23;/h8-11,16-18H,2-7,12-13H2,1H3;1H/t16-,17-,18-;/m0./s1. The molecule has 0 N–H and O–H groups in total. The molecular weight excluding hydrogens is 423 g/mol. The summed E-state index contributed by atoms with van der Waals surface area (Å²) in [5.41, 5.74) is -0.932. The number of likely N-dealkylation sites (tertiary alicyclic amines) is 1. The van der Waals surface area contributed by atoms with Crippen LogP contribution in [-0.2, 0) is 11.0 Å². The number of amides is 1. The maximum atomic E-state index is 13.1. The molecule has 1 amide bonds. The van der Waals surface area contributed by atoms with Crippen molar-refractivity contribution in [2.24, 2.45) is 0 Å². The Hall–Kier alpha value is -1.87. The van der Waals surface area contributed by atoms with Crippen LogP contribution in [0.3, 0.4) is 0 Å². The number of nitro groups is 1. The number of alkyl halides is 3. The van der Waals surface area contributed by atoms with E-state index >= 15 is 0 Å². The summed E-state index contributed by atoms with van der Waals surface area (Å²) >= 11 is 0. The minimum atomic E-state index is -4.53. The van der Waals surface area contributed by atoms with Gasteiger partial charge in [0.1, 0.15) is 0 Å². The summed E-state index contributed by atoms with van der Waals surface area (Å²) < 4.78 is 38.4. The van der Waals surface area contributed by atoms with Crippen molar-refractivity contribution < 1.29 is 22.9 Å². The van der Waals surface area contributed by atoms with Crippen LogP contribution in [0.2, 0.25) is 0 Å². The Labute approximate surface area is 180 Å². The first-order chi connectivity index (χ1) is 13.7. The average molecular weight is 450 g/mol. The van der Waals surface area contributed by atoms with Gasteiger partial charge >= 0.3 is 18.1 Å². The lowest BCUT2D eigenvalue weighted by Gasteiger charge is -2.42. The molecule has 1 aliphatic heterocycles. The number of likely N-dealkylation sites (N-methyl/N-ethyl adjacent to an activating group) is 1. The molecule has 1 saturated heterocycles. The number of hydrogen-bond acceptors (Lipinski definition) is 4. The zero-order valence-electron chi connectivity index (χ0n) is 16.8. The molecule has 0 aromatic heterocycles. The van der Waals surface area contributed by atoms with Crippen LogP contribution in [0.25, 0.3) is 0 Å². The van der Waals surface area contributed by atoms with Crippen LogP contribution in [0.5, 0.6) is 0 Å². The highest BCUT2D eigenvalue weighted by atomic mass is 35.5. The van der Waals surface area contributed by atoms with Crippen molar-refractivity contribution in [2.45, 2.75) is 62.8 Å². The average Bonchev–Trinajstić information content (AvgIpc) is 3.21. The third-order valence-corrected chi connectivity index (χ3v) is 6.15. The molecular formula is C20H27ClF3N3O3. The van der Waals surface area contributed by atoms with E-state index in [1.54, 1.807) is 7.05 Å². The first kappa shape index (κ1) is 24.4. The molecule has 10 heteroatoms. The number of benzene rings is 1. The van der Waals surface area contributed by atoms with Crippen molar-refractivity contribution in [3.8, 4) is 0 Å². The maximum absolute atomic E-state index is 13.1. The lowest BCUT2D eigenvalue weighted by atomic mass is 9.87. The molecule has 6 nitrogen and oxygen atoms in total. The number of carbonyl (C=O) groups excluding carboxylic acids is 1. The quantitative estimate of drug-likeness (QED) is 0.496. The molecule has 30 heavy (non-hydrogen) atoms. The predicted octanol–water partition coefficient (Wildman–Crippen LogP) is 4.31. The molecule has 2 fully saturated rings. The SMILES string of the molecule is CN(C(=O)[C@H](c1ccc(C(F)(F)F)cc1)[N+](=O)[O-])[C@H]1CCCC[C@@H]1N1CCCC1.Cl. The molecule has 2 aliphatic rings. The van der Waals surface area contributed by atoms with E-state index in [4.69, 9.17) is 0 Å². The van der Waals surface area contributed by atoms with Crippen molar-refractivity contribution in [3.63, 3.8) is 0 Å². The minimum absolute atomic E-state index is 0. The highest BCUT2D eigenvalue weighted by molar-refractivity contribution is 5.85. The predicted molar refractivity (Wildman–Crippen MR) is 108 cm³/mol. The van der Waals surface area contributed by atoms with Gasteiger partial charge < -0.3 is 4.90 Å². The van der Waals surface area contributed by atoms with Gasteiger partial charge in [-0.3, -0.25) is 19.8 Å². The zero-order valence-corrected chi connectivity index (χ0v) is 17.6. The molecule has 1 aromatic rings. The molecule has 1 aromatic carbocycles. The Bertz CT molecular complexity index is 739. The van der Waals surface area contributed by atoms with Crippen LogP contribution < -0.4 is 0 Å². The van der Waals surface area contributed by atoms with Crippen LogP contribution in [0.4, 0.5) is 13.2 Å². The van der Waals surface area contributed by atoms with E-state index in [-0.39, 0.29) is 30.1 Å². The van der Waals surface area contributed by atoms with Crippen LogP contribution in [-0.4, -0.2) is 52.9 Å². The summed E-state index contributed by atoms with van der Waals surface area (Å²) in [7, 11) is 1.59. The molecule has 168 valence electrons. The molecule has 3 rings (SSSR count). The third-order valence-electron chi connectivity index (χ3n) is 6.15. The second-order valence-corrected chi connectivity index (χ2v) is 7.92. The van der Waals surface area contributed by atoms with Gasteiger partial charge in [0.2, 0.25) is 0 Å². The number of carbonyl (C=O) groups is 1. The fourth-order valence-corrected chi connectivity index (χ4v) is 4.61. The van der Waals surface area contributed by atoms with Gasteiger partial charge in [-0.15, -0.1) is 12.4 Å². The first-order valence-corrected chi connectivity index (χ1v) is 10.0. The summed E-state index contributed by atoms with van der Waals surface area (Å²) in [6, 6.07) is 1.98. The fraction of sp³-hybridized carbons (Fsp3) is 0.650. The van der Waals surface area contributed by atoms with E-state index in [2.05, 4.69) is 4.90 Å². The van der Waals surface area contributed by atoms with Gasteiger partial charge in [0.05, 0.1) is 5.56 Å². The van der Waals surface area contributed by atoms with Gasteiger partial charge in [-0.05, 0) is 50.9 Å². The van der Waals surface area contributed by atoms with Gasteiger partial charge in [0.15, 0.2) is 0 Å². The normalized spacial score (nSPS) is 23.5. The summed E-state index contributed by atoms with van der Waals surface area (Å²) in [5.74, 6) is -0.675. The van der Waals surface area contributed by atoms with Crippen molar-refractivity contribution in [1.29, 1.82) is 0 Å². The van der Waals surface area contributed by atoms with Crippen molar-refractivity contribution in [3.05, 3.63) is 45.5 Å². The van der Waals surface area contributed by atoms with Crippen molar-refractivity contribution >= 4 is 18.3 Å². The van der Waals surface area contributed by atoms with Gasteiger partial charge in [-0.25, -0.2) is 0 Å². The molecule has 3 atom stereocenters. The highest BCUT2D eigenvalue weighted by Crippen LogP contribution is 2.33. The Balaban J connectivity index is 0.00000320. The van der Waals surface area contributed by atoms with Crippen LogP contribution in [0, 0.1) is 10.1 Å². The van der Waals surface area contributed by atoms with E-state index in [0.29, 0.717) is 0 Å². The largest absolute Gasteiger partial charge is 0.416 e. The zero-order chi connectivity index (χ0) is 21.2. The Morgan fingerprint density at radius 2 is 1.70 bits per heavy atom. The Morgan fingerprint density at radius 3 is 2.23 bits per heavy atom. The summed E-state index contributed by atoms with van der Waals surface area (Å²) in [6.45, 7) is 1.95. The number of nitrogens with zero attached hydrogens (tertiary/aromatic N) is 3. The van der Waals surface area contributed by atoms with Crippen LogP contribution >= 0.6 is 12.4 Å². The summed E-state index contributed by atoms with van der Waals surface area (Å²) in [4.78, 5) is 27.9. The monoisotopic (exact) mass is 449 g/mol. The van der Waals surface area contributed by atoms with E-state index in [0.717, 1.165) is 75.9 Å². The van der Waals surface area contributed by atoms with Gasteiger partial charge in [-0.1, -0.05) is 25.0 Å². The molecule has 0 spiro atoms. The van der Waals surface area contributed by atoms with Gasteiger partial charge in [0, 0.05) is 29.6 Å². The molecule has 0 radical (unpaired) electrons. The summed E-state index contributed by atoms with van der Waals surface area (Å²) in [6.07, 6.45) is 1.45. The van der Waals surface area contributed by atoms with E-state index in [1.165, 1.54) is 4.90 Å². The first-order valence-electron chi connectivity index (χ1n) is 10.0. The number of rotatable bonds is 5. The van der Waals surface area contributed by atoms with E-state index in [9.17, 15) is 28.1 Å². The maximum Gasteiger partial charge on any atom is 0.416 e. The smallest absolute Gasteiger partial charge is 0.335 e. The Morgan fingerprint density at radius 1 is 1.13 bits per heavy atom. The topological polar surface area (TPSA) is 66.7 Å². The van der Waals surface area contributed by atoms with Crippen molar-refractivity contribution in [1.82, 2.24) is 9.80 Å². The Kier molecular flexibility index (Phi) is 8.10. The summed E-state index contributed by atoms with van der Waals surface area (Å²) in [5, 5.41) is 11.7. The van der Waals surface area contributed by atoms with E-state index < -0.39 is 28.6 Å². The lowest BCUT2D eigenvalue weighted by Crippen LogP contribution is -2.54. The molecule has 0 unspecified atom stereocenters. The number of hydrogen-bond donors (Lipinski definition) is 0. The second kappa shape index (κ2) is 9.96. The third kappa shape index (κ3) is 5.24. The van der Waals surface area contributed by atoms with Gasteiger partial charge in [0.25, 0.3) is 0 Å². The molecule has 0 bridgehead atoms. The second-order valence-electron chi connectivity index (χ2n) is 7.92. The number of halogens is 4. The molecule has 1 aliphatic carbocycles. The molecule has 1 heterocycles. The fourth-order valence-electron chi connectivity index (χ4n) is 4.61. The van der Waals surface area contributed by atoms with Crippen LogP contribution in [0.15, 0.2) is 24.3 Å².